The molecule has 0 radical (unpaired) electrons. The van der Waals surface area contributed by atoms with Crippen LogP contribution < -0.4 is 4.90 Å². The maximum Gasteiger partial charge on any atom is 0.0783 e. The second-order valence-corrected chi connectivity index (χ2v) is 12.6. The lowest BCUT2D eigenvalue weighted by Crippen LogP contribution is -2.18. The molecular weight excluding hydrogens is 569 g/mol. The van der Waals surface area contributed by atoms with Crippen molar-refractivity contribution in [3.8, 4) is 27.9 Å². The molecule has 0 bridgehead atoms. The van der Waals surface area contributed by atoms with E-state index in [-0.39, 0.29) is 0 Å². The molecule has 0 fully saturated rings. The summed E-state index contributed by atoms with van der Waals surface area (Å²) < 4.78 is 5.15. The standard InChI is InChI=1S/C40H24N4S/c1-4-15-36-32(10-1)38-37(45-36)17-16-31-30-11-5-14-35-39(30)44(40(31)38)34-13-3-2-12-33(34)43(35)29-21-27(25-8-6-18-41-23-25)20-28(22-29)26-9-7-19-42-24-26/h1-24H. The number of hydrogen-bond donors (Lipinski definition) is 0. The molecule has 0 aliphatic carbocycles. The van der Waals surface area contributed by atoms with Crippen molar-refractivity contribution in [2.24, 2.45) is 0 Å². The van der Waals surface area contributed by atoms with Crippen LogP contribution in [0.4, 0.5) is 17.1 Å². The zero-order valence-electron chi connectivity index (χ0n) is 24.1. The van der Waals surface area contributed by atoms with Gasteiger partial charge in [-0.25, -0.2) is 0 Å². The van der Waals surface area contributed by atoms with E-state index in [2.05, 4.69) is 129 Å². The summed E-state index contributed by atoms with van der Waals surface area (Å²) in [6.07, 6.45) is 7.52. The first-order valence-electron chi connectivity index (χ1n) is 15.1. The normalized spacial score (nSPS) is 12.4. The van der Waals surface area contributed by atoms with E-state index in [1.165, 1.54) is 47.7 Å². The van der Waals surface area contributed by atoms with E-state index in [1.54, 1.807) is 0 Å². The van der Waals surface area contributed by atoms with Gasteiger partial charge < -0.3 is 9.47 Å². The number of thiophene rings is 1. The van der Waals surface area contributed by atoms with Crippen LogP contribution in [0.2, 0.25) is 0 Å². The molecule has 0 saturated heterocycles. The van der Waals surface area contributed by atoms with Crippen LogP contribution in [-0.2, 0) is 0 Å². The minimum Gasteiger partial charge on any atom is -0.306 e. The van der Waals surface area contributed by atoms with Crippen molar-refractivity contribution < 1.29 is 0 Å². The van der Waals surface area contributed by atoms with Gasteiger partial charge in [-0.1, -0.05) is 60.7 Å². The van der Waals surface area contributed by atoms with Crippen LogP contribution in [-0.4, -0.2) is 14.5 Å². The third-order valence-corrected chi connectivity index (χ3v) is 10.2. The van der Waals surface area contributed by atoms with Gasteiger partial charge in [0.05, 0.1) is 28.1 Å². The van der Waals surface area contributed by atoms with Gasteiger partial charge in [-0.15, -0.1) is 11.3 Å². The number of rotatable bonds is 3. The molecule has 9 aromatic rings. The van der Waals surface area contributed by atoms with Crippen molar-refractivity contribution in [2.45, 2.75) is 0 Å². The van der Waals surface area contributed by atoms with Gasteiger partial charge in [0.2, 0.25) is 0 Å². The van der Waals surface area contributed by atoms with Gasteiger partial charge in [0, 0.05) is 72.5 Å². The number of para-hydroxylation sites is 3. The largest absolute Gasteiger partial charge is 0.306 e. The van der Waals surface area contributed by atoms with E-state index in [1.807, 2.05) is 48.3 Å². The van der Waals surface area contributed by atoms with E-state index in [9.17, 15) is 0 Å². The summed E-state index contributed by atoms with van der Waals surface area (Å²) in [7, 11) is 0. The highest BCUT2D eigenvalue weighted by molar-refractivity contribution is 7.26. The Labute approximate surface area is 263 Å². The van der Waals surface area contributed by atoms with E-state index >= 15 is 0 Å². The zero-order valence-corrected chi connectivity index (χ0v) is 24.9. The van der Waals surface area contributed by atoms with Crippen molar-refractivity contribution in [3.63, 3.8) is 0 Å². The van der Waals surface area contributed by atoms with Crippen LogP contribution in [0.25, 0.3) is 69.9 Å². The van der Waals surface area contributed by atoms with Gasteiger partial charge in [-0.3, -0.25) is 9.97 Å². The first-order chi connectivity index (χ1) is 22.3. The fourth-order valence-electron chi connectivity index (χ4n) is 7.16. The molecule has 4 nitrogen and oxygen atoms in total. The molecule has 0 N–H and O–H groups in total. The predicted octanol–water partition coefficient (Wildman–Crippen LogP) is 11.1. The molecule has 10 rings (SSSR count). The number of anilines is 3. The summed E-state index contributed by atoms with van der Waals surface area (Å²) in [6, 6.07) is 44.0. The van der Waals surface area contributed by atoms with Crippen LogP contribution >= 0.6 is 11.3 Å². The quantitative estimate of drug-likeness (QED) is 0.205. The molecule has 45 heavy (non-hydrogen) atoms. The van der Waals surface area contributed by atoms with Crippen LogP contribution in [0, 0.1) is 0 Å². The van der Waals surface area contributed by atoms with E-state index in [4.69, 9.17) is 0 Å². The molecule has 1 aliphatic rings. The monoisotopic (exact) mass is 592 g/mol. The van der Waals surface area contributed by atoms with Gasteiger partial charge in [-0.2, -0.15) is 0 Å². The summed E-state index contributed by atoms with van der Waals surface area (Å²) in [5, 5.41) is 5.18. The Balaban J connectivity index is 1.33. The van der Waals surface area contributed by atoms with Gasteiger partial charge in [0.15, 0.2) is 0 Å². The first kappa shape index (κ1) is 24.6. The Morgan fingerprint density at radius 2 is 1.13 bits per heavy atom. The lowest BCUT2D eigenvalue weighted by Gasteiger charge is -2.33. The summed E-state index contributed by atoms with van der Waals surface area (Å²) in [5.74, 6) is 0. The van der Waals surface area contributed by atoms with Gasteiger partial charge in [-0.05, 0) is 71.8 Å². The van der Waals surface area contributed by atoms with Crippen molar-refractivity contribution in [2.75, 3.05) is 4.90 Å². The number of pyridine rings is 2. The smallest absolute Gasteiger partial charge is 0.0783 e. The molecule has 5 heteroatoms. The molecule has 5 heterocycles. The topological polar surface area (TPSA) is 34.0 Å². The maximum atomic E-state index is 4.44. The Morgan fingerprint density at radius 1 is 0.467 bits per heavy atom. The van der Waals surface area contributed by atoms with Crippen LogP contribution in [0.3, 0.4) is 0 Å². The number of benzene rings is 5. The highest BCUT2D eigenvalue weighted by atomic mass is 32.1. The van der Waals surface area contributed by atoms with Gasteiger partial charge in [0.1, 0.15) is 0 Å². The average molecular weight is 593 g/mol. The molecule has 0 atom stereocenters. The Morgan fingerprint density at radius 3 is 1.89 bits per heavy atom. The minimum atomic E-state index is 1.08. The third kappa shape index (κ3) is 3.53. The number of nitrogens with zero attached hydrogens (tertiary/aromatic N) is 4. The second-order valence-electron chi connectivity index (χ2n) is 11.5. The van der Waals surface area contributed by atoms with Crippen LogP contribution in [0.15, 0.2) is 146 Å². The molecule has 0 unspecified atom stereocenters. The fraction of sp³-hybridized carbons (Fsp3) is 0. The maximum absolute atomic E-state index is 4.44. The number of fused-ring (bicyclic) bond motifs is 9. The Hall–Kier alpha value is -5.78. The second kappa shape index (κ2) is 9.36. The van der Waals surface area contributed by atoms with E-state index in [0.717, 1.165) is 39.3 Å². The summed E-state index contributed by atoms with van der Waals surface area (Å²) >= 11 is 1.87. The molecular formula is C40H24N4S. The van der Waals surface area contributed by atoms with Crippen molar-refractivity contribution in [1.82, 2.24) is 14.5 Å². The molecule has 4 aromatic heterocycles. The number of aromatic nitrogens is 3. The molecule has 0 spiro atoms. The first-order valence-corrected chi connectivity index (χ1v) is 15.9. The van der Waals surface area contributed by atoms with E-state index < -0.39 is 0 Å². The summed E-state index contributed by atoms with van der Waals surface area (Å²) in [4.78, 5) is 11.3. The zero-order chi connectivity index (χ0) is 29.5. The van der Waals surface area contributed by atoms with Crippen molar-refractivity contribution in [3.05, 3.63) is 146 Å². The highest BCUT2D eigenvalue weighted by Gasteiger charge is 2.30. The fourth-order valence-corrected chi connectivity index (χ4v) is 8.26. The lowest BCUT2D eigenvalue weighted by atomic mass is 9.98. The van der Waals surface area contributed by atoms with Crippen LogP contribution in [0.1, 0.15) is 0 Å². The predicted molar refractivity (Wildman–Crippen MR) is 188 cm³/mol. The average Bonchev–Trinajstić information content (AvgIpc) is 3.66. The molecule has 5 aromatic carbocycles. The minimum absolute atomic E-state index is 1.08. The molecule has 0 saturated carbocycles. The highest BCUT2D eigenvalue weighted by Crippen LogP contribution is 2.52. The Bertz CT molecular complexity index is 2540. The van der Waals surface area contributed by atoms with Crippen LogP contribution in [0.5, 0.6) is 0 Å². The van der Waals surface area contributed by atoms with Gasteiger partial charge >= 0.3 is 0 Å². The third-order valence-electron chi connectivity index (χ3n) is 9.04. The molecule has 0 amide bonds. The number of hydrogen-bond acceptors (Lipinski definition) is 4. The Kier molecular flexibility index (Phi) is 5.12. The SMILES string of the molecule is c1cncc(-c2cc(-c3cccnc3)cc(N3c4ccccc4-n4c5c3cccc5c3ccc5sc6ccccc6c5c34)c2)c1. The summed E-state index contributed by atoms with van der Waals surface area (Å²) in [6.45, 7) is 0. The van der Waals surface area contributed by atoms with E-state index in [0.29, 0.717) is 0 Å². The summed E-state index contributed by atoms with van der Waals surface area (Å²) in [5.41, 5.74) is 11.5. The lowest BCUT2D eigenvalue weighted by molar-refractivity contribution is 1.12. The molecule has 1 aliphatic heterocycles. The van der Waals surface area contributed by atoms with Crippen molar-refractivity contribution in [1.29, 1.82) is 0 Å². The van der Waals surface area contributed by atoms with Crippen molar-refractivity contribution >= 4 is 70.4 Å². The molecule has 210 valence electrons. The van der Waals surface area contributed by atoms with Gasteiger partial charge in [0.25, 0.3) is 0 Å².